The van der Waals surface area contributed by atoms with Crippen LogP contribution in [0.5, 0.6) is 0 Å². The number of hydrogen-bond acceptors (Lipinski definition) is 1. The molecule has 1 unspecified atom stereocenters. The first kappa shape index (κ1) is 9.40. The van der Waals surface area contributed by atoms with Crippen LogP contribution in [0.25, 0.3) is 0 Å². The Hall–Kier alpha value is -0.160. The largest absolute Gasteiger partial charge is 0.327 e. The SMILES string of the molecule is NC1CCc2c(ccc(I)c2F)C1. The van der Waals surface area contributed by atoms with Gasteiger partial charge in [-0.05, 0) is 59.0 Å². The molecule has 3 heteroatoms. The smallest absolute Gasteiger partial charge is 0.139 e. The minimum Gasteiger partial charge on any atom is -0.327 e. The average molecular weight is 291 g/mol. The Kier molecular flexibility index (Phi) is 2.55. The molecule has 13 heavy (non-hydrogen) atoms. The molecule has 1 aromatic carbocycles. The topological polar surface area (TPSA) is 26.0 Å². The van der Waals surface area contributed by atoms with Crippen LogP contribution in [0.4, 0.5) is 4.39 Å². The van der Waals surface area contributed by atoms with Crippen molar-refractivity contribution in [2.75, 3.05) is 0 Å². The normalized spacial score (nSPS) is 21.3. The molecule has 0 radical (unpaired) electrons. The van der Waals surface area contributed by atoms with E-state index in [1.165, 1.54) is 0 Å². The molecule has 0 aromatic heterocycles. The molecular weight excluding hydrogens is 280 g/mol. The Morgan fingerprint density at radius 2 is 2.23 bits per heavy atom. The maximum Gasteiger partial charge on any atom is 0.139 e. The number of fused-ring (bicyclic) bond motifs is 1. The van der Waals surface area contributed by atoms with Crippen LogP contribution in [0.1, 0.15) is 17.5 Å². The van der Waals surface area contributed by atoms with Gasteiger partial charge in [-0.1, -0.05) is 6.07 Å². The standard InChI is InChI=1S/C10H11FIN/c11-10-8-3-2-7(13)5-6(8)1-4-9(10)12/h1,4,7H,2-3,5,13H2. The van der Waals surface area contributed by atoms with Gasteiger partial charge in [0.2, 0.25) is 0 Å². The molecule has 1 nitrogen and oxygen atoms in total. The lowest BCUT2D eigenvalue weighted by atomic mass is 9.88. The van der Waals surface area contributed by atoms with Crippen LogP contribution in [-0.2, 0) is 12.8 Å². The molecule has 70 valence electrons. The molecule has 2 rings (SSSR count). The van der Waals surface area contributed by atoms with Crippen molar-refractivity contribution in [3.05, 3.63) is 32.6 Å². The van der Waals surface area contributed by atoms with Crippen LogP contribution < -0.4 is 5.73 Å². The van der Waals surface area contributed by atoms with Crippen LogP contribution in [0.3, 0.4) is 0 Å². The van der Waals surface area contributed by atoms with Crippen molar-refractivity contribution in [3.63, 3.8) is 0 Å². The van der Waals surface area contributed by atoms with Gasteiger partial charge in [0, 0.05) is 9.61 Å². The molecule has 2 N–H and O–H groups in total. The molecule has 0 saturated carbocycles. The fraction of sp³-hybridized carbons (Fsp3) is 0.400. The quantitative estimate of drug-likeness (QED) is 0.729. The summed E-state index contributed by atoms with van der Waals surface area (Å²) < 4.78 is 14.3. The van der Waals surface area contributed by atoms with Crippen LogP contribution in [0.2, 0.25) is 0 Å². The highest BCUT2D eigenvalue weighted by atomic mass is 127. The second-order valence-corrected chi connectivity index (χ2v) is 4.66. The molecule has 0 saturated heterocycles. The number of rotatable bonds is 0. The number of benzene rings is 1. The van der Waals surface area contributed by atoms with Gasteiger partial charge in [-0.25, -0.2) is 4.39 Å². The van der Waals surface area contributed by atoms with E-state index < -0.39 is 0 Å². The van der Waals surface area contributed by atoms with Gasteiger partial charge in [0.05, 0.1) is 0 Å². The maximum absolute atomic E-state index is 13.6. The average Bonchev–Trinajstić information content (AvgIpc) is 2.12. The summed E-state index contributed by atoms with van der Waals surface area (Å²) in [6, 6.07) is 4.04. The van der Waals surface area contributed by atoms with Crippen LogP contribution >= 0.6 is 22.6 Å². The third-order valence-corrected chi connectivity index (χ3v) is 3.37. The lowest BCUT2D eigenvalue weighted by molar-refractivity contribution is 0.534. The summed E-state index contributed by atoms with van der Waals surface area (Å²) in [5.41, 5.74) is 7.79. The van der Waals surface area contributed by atoms with E-state index in [-0.39, 0.29) is 11.9 Å². The summed E-state index contributed by atoms with van der Waals surface area (Å²) in [5, 5.41) is 0. The van der Waals surface area contributed by atoms with Crippen LogP contribution in [-0.4, -0.2) is 6.04 Å². The van der Waals surface area contributed by atoms with E-state index in [1.54, 1.807) is 0 Å². The molecule has 0 spiro atoms. The Morgan fingerprint density at radius 1 is 1.46 bits per heavy atom. The van der Waals surface area contributed by atoms with Gasteiger partial charge in [-0.3, -0.25) is 0 Å². The van der Waals surface area contributed by atoms with Crippen molar-refractivity contribution < 1.29 is 4.39 Å². The number of hydrogen-bond donors (Lipinski definition) is 1. The Morgan fingerprint density at radius 3 is 3.00 bits per heavy atom. The van der Waals surface area contributed by atoms with Crippen molar-refractivity contribution in [2.45, 2.75) is 25.3 Å². The summed E-state index contributed by atoms with van der Waals surface area (Å²) in [6.45, 7) is 0. The van der Waals surface area contributed by atoms with Gasteiger partial charge in [-0.15, -0.1) is 0 Å². The van der Waals surface area contributed by atoms with Crippen LogP contribution in [0, 0.1) is 9.39 Å². The van der Waals surface area contributed by atoms with E-state index in [2.05, 4.69) is 0 Å². The lowest BCUT2D eigenvalue weighted by Gasteiger charge is -2.21. The highest BCUT2D eigenvalue weighted by Crippen LogP contribution is 2.26. The van der Waals surface area contributed by atoms with Crippen molar-refractivity contribution >= 4 is 22.6 Å². The minimum atomic E-state index is -0.0370. The third-order valence-electron chi connectivity index (χ3n) is 2.54. The second-order valence-electron chi connectivity index (χ2n) is 3.50. The zero-order valence-electron chi connectivity index (χ0n) is 7.19. The van der Waals surface area contributed by atoms with Gasteiger partial charge in [-0.2, -0.15) is 0 Å². The molecule has 0 bridgehead atoms. The fourth-order valence-corrected chi connectivity index (χ4v) is 2.31. The Balaban J connectivity index is 2.47. The van der Waals surface area contributed by atoms with E-state index in [9.17, 15) is 4.39 Å². The molecule has 1 aliphatic carbocycles. The molecule has 0 heterocycles. The van der Waals surface area contributed by atoms with Crippen molar-refractivity contribution in [3.8, 4) is 0 Å². The highest BCUT2D eigenvalue weighted by Gasteiger charge is 2.19. The minimum absolute atomic E-state index is 0.0370. The number of halogens is 2. The first-order chi connectivity index (χ1) is 6.18. The Bertz CT molecular complexity index is 338. The van der Waals surface area contributed by atoms with Crippen molar-refractivity contribution in [1.82, 2.24) is 0 Å². The monoisotopic (exact) mass is 291 g/mol. The fourth-order valence-electron chi connectivity index (χ4n) is 1.81. The molecule has 1 aliphatic rings. The zero-order valence-corrected chi connectivity index (χ0v) is 9.34. The predicted molar refractivity (Wildman–Crippen MR) is 59.1 cm³/mol. The van der Waals surface area contributed by atoms with E-state index in [0.717, 1.165) is 30.4 Å². The van der Waals surface area contributed by atoms with Gasteiger partial charge < -0.3 is 5.73 Å². The van der Waals surface area contributed by atoms with E-state index in [1.807, 2.05) is 34.7 Å². The van der Waals surface area contributed by atoms with Crippen molar-refractivity contribution in [2.24, 2.45) is 5.73 Å². The molecule has 0 amide bonds. The molecular formula is C10H11FIN. The highest BCUT2D eigenvalue weighted by molar-refractivity contribution is 14.1. The summed E-state index contributed by atoms with van der Waals surface area (Å²) >= 11 is 2.03. The first-order valence-corrected chi connectivity index (χ1v) is 5.47. The van der Waals surface area contributed by atoms with Crippen molar-refractivity contribution in [1.29, 1.82) is 0 Å². The van der Waals surface area contributed by atoms with Gasteiger partial charge in [0.1, 0.15) is 5.82 Å². The maximum atomic E-state index is 13.6. The summed E-state index contributed by atoms with van der Waals surface area (Å²) in [6.07, 6.45) is 2.52. The lowest BCUT2D eigenvalue weighted by Crippen LogP contribution is -2.28. The zero-order chi connectivity index (χ0) is 9.42. The van der Waals surface area contributed by atoms with E-state index in [4.69, 9.17) is 5.73 Å². The van der Waals surface area contributed by atoms with Gasteiger partial charge in [0.25, 0.3) is 0 Å². The second kappa shape index (κ2) is 3.53. The molecule has 1 aromatic rings. The van der Waals surface area contributed by atoms with Gasteiger partial charge >= 0.3 is 0 Å². The summed E-state index contributed by atoms with van der Waals surface area (Å²) in [7, 11) is 0. The first-order valence-electron chi connectivity index (χ1n) is 4.40. The molecule has 0 fully saturated rings. The van der Waals surface area contributed by atoms with E-state index in [0.29, 0.717) is 3.57 Å². The summed E-state index contributed by atoms with van der Waals surface area (Å²) in [4.78, 5) is 0. The van der Waals surface area contributed by atoms with E-state index >= 15 is 0 Å². The number of nitrogens with two attached hydrogens (primary N) is 1. The molecule has 0 aliphatic heterocycles. The summed E-state index contributed by atoms with van der Waals surface area (Å²) in [5.74, 6) is -0.0370. The Labute approximate surface area is 90.7 Å². The van der Waals surface area contributed by atoms with Crippen LogP contribution in [0.15, 0.2) is 12.1 Å². The molecule has 1 atom stereocenters. The third kappa shape index (κ3) is 1.72. The predicted octanol–water partition coefficient (Wildman–Crippen LogP) is 2.25. The van der Waals surface area contributed by atoms with Gasteiger partial charge in [0.15, 0.2) is 0 Å².